The fourth-order valence-corrected chi connectivity index (χ4v) is 2.37. The number of nitrogens with zero attached hydrogens (tertiary/aromatic N) is 3. The molecule has 1 aromatic heterocycles. The van der Waals surface area contributed by atoms with Crippen molar-refractivity contribution in [2.75, 3.05) is 5.73 Å². The van der Waals surface area contributed by atoms with Gasteiger partial charge in [0.15, 0.2) is 5.82 Å². The van der Waals surface area contributed by atoms with E-state index in [9.17, 15) is 0 Å². The van der Waals surface area contributed by atoms with E-state index in [1.165, 1.54) is 25.7 Å². The van der Waals surface area contributed by atoms with Crippen LogP contribution in [0.3, 0.4) is 0 Å². The first-order chi connectivity index (χ1) is 9.72. The standard InChI is InChI=1S/C16H24N4/c1-3-5-7-13(4-2)11-20-12-18-16(19-20)14-8-6-9-15(17)10-14/h6,8-10,12-13H,3-5,7,11,17H2,1-2H3. The van der Waals surface area contributed by atoms with Crippen LogP contribution in [0.4, 0.5) is 5.69 Å². The topological polar surface area (TPSA) is 56.7 Å². The Hall–Kier alpha value is -1.84. The molecule has 0 saturated carbocycles. The van der Waals surface area contributed by atoms with E-state index in [-0.39, 0.29) is 0 Å². The molecule has 1 aromatic carbocycles. The first kappa shape index (κ1) is 14.6. The second kappa shape index (κ2) is 7.08. The monoisotopic (exact) mass is 272 g/mol. The van der Waals surface area contributed by atoms with Crippen molar-refractivity contribution in [2.45, 2.75) is 46.1 Å². The number of benzene rings is 1. The Morgan fingerprint density at radius 1 is 1.30 bits per heavy atom. The highest BCUT2D eigenvalue weighted by Crippen LogP contribution is 2.19. The molecule has 20 heavy (non-hydrogen) atoms. The number of rotatable bonds is 7. The lowest BCUT2D eigenvalue weighted by atomic mass is 10.00. The summed E-state index contributed by atoms with van der Waals surface area (Å²) >= 11 is 0. The van der Waals surface area contributed by atoms with Crippen molar-refractivity contribution in [3.8, 4) is 11.4 Å². The van der Waals surface area contributed by atoms with Crippen LogP contribution in [0.5, 0.6) is 0 Å². The fraction of sp³-hybridized carbons (Fsp3) is 0.500. The molecule has 0 fully saturated rings. The van der Waals surface area contributed by atoms with Crippen LogP contribution in [-0.4, -0.2) is 14.8 Å². The van der Waals surface area contributed by atoms with Gasteiger partial charge < -0.3 is 5.73 Å². The van der Waals surface area contributed by atoms with Crippen molar-refractivity contribution in [3.05, 3.63) is 30.6 Å². The molecule has 0 radical (unpaired) electrons. The summed E-state index contributed by atoms with van der Waals surface area (Å²) in [6.45, 7) is 5.43. The van der Waals surface area contributed by atoms with Crippen LogP contribution in [0, 0.1) is 5.92 Å². The lowest BCUT2D eigenvalue weighted by Gasteiger charge is -2.13. The van der Waals surface area contributed by atoms with E-state index in [2.05, 4.69) is 23.9 Å². The maximum Gasteiger partial charge on any atom is 0.181 e. The summed E-state index contributed by atoms with van der Waals surface area (Å²) in [7, 11) is 0. The Morgan fingerprint density at radius 3 is 2.85 bits per heavy atom. The van der Waals surface area contributed by atoms with E-state index in [1.54, 1.807) is 0 Å². The van der Waals surface area contributed by atoms with Crippen LogP contribution in [0.15, 0.2) is 30.6 Å². The Balaban J connectivity index is 2.05. The molecule has 1 heterocycles. The number of aromatic nitrogens is 3. The highest BCUT2D eigenvalue weighted by Gasteiger charge is 2.09. The minimum atomic E-state index is 0.686. The van der Waals surface area contributed by atoms with Crippen molar-refractivity contribution < 1.29 is 0 Å². The van der Waals surface area contributed by atoms with Crippen molar-refractivity contribution in [1.29, 1.82) is 0 Å². The average Bonchev–Trinajstić information content (AvgIpc) is 2.92. The zero-order valence-electron chi connectivity index (χ0n) is 12.4. The van der Waals surface area contributed by atoms with Gasteiger partial charge in [0, 0.05) is 17.8 Å². The van der Waals surface area contributed by atoms with Crippen LogP contribution >= 0.6 is 0 Å². The molecule has 0 aliphatic rings. The van der Waals surface area contributed by atoms with E-state index in [4.69, 9.17) is 5.73 Å². The molecule has 2 aromatic rings. The zero-order valence-corrected chi connectivity index (χ0v) is 12.4. The third kappa shape index (κ3) is 3.83. The van der Waals surface area contributed by atoms with Gasteiger partial charge in [0.25, 0.3) is 0 Å². The summed E-state index contributed by atoms with van der Waals surface area (Å²) in [5.41, 5.74) is 7.52. The molecule has 2 N–H and O–H groups in total. The van der Waals surface area contributed by atoms with Gasteiger partial charge in [-0.15, -0.1) is 0 Å². The molecule has 2 rings (SSSR count). The summed E-state index contributed by atoms with van der Waals surface area (Å²) in [4.78, 5) is 4.39. The molecule has 0 amide bonds. The molecule has 0 bridgehead atoms. The van der Waals surface area contributed by atoms with Crippen LogP contribution in [0.25, 0.3) is 11.4 Å². The fourth-order valence-electron chi connectivity index (χ4n) is 2.37. The van der Waals surface area contributed by atoms with E-state index in [0.29, 0.717) is 5.92 Å². The number of nitrogen functional groups attached to an aromatic ring is 1. The summed E-state index contributed by atoms with van der Waals surface area (Å²) < 4.78 is 1.96. The molecule has 1 unspecified atom stereocenters. The number of hydrogen-bond donors (Lipinski definition) is 1. The van der Waals surface area contributed by atoms with Gasteiger partial charge in [-0.05, 0) is 24.5 Å². The highest BCUT2D eigenvalue weighted by atomic mass is 15.3. The lowest BCUT2D eigenvalue weighted by molar-refractivity contribution is 0.372. The second-order valence-electron chi connectivity index (χ2n) is 5.33. The molecule has 4 nitrogen and oxygen atoms in total. The Labute approximate surface area is 121 Å². The minimum Gasteiger partial charge on any atom is -0.399 e. The molecule has 0 aliphatic carbocycles. The van der Waals surface area contributed by atoms with Gasteiger partial charge >= 0.3 is 0 Å². The van der Waals surface area contributed by atoms with Crippen molar-refractivity contribution in [2.24, 2.45) is 5.92 Å². The first-order valence-corrected chi connectivity index (χ1v) is 7.48. The molecule has 0 aliphatic heterocycles. The number of hydrogen-bond acceptors (Lipinski definition) is 3. The predicted molar refractivity (Wildman–Crippen MR) is 83.2 cm³/mol. The summed E-state index contributed by atoms with van der Waals surface area (Å²) in [6, 6.07) is 7.71. The van der Waals surface area contributed by atoms with Gasteiger partial charge in [-0.3, -0.25) is 4.68 Å². The van der Waals surface area contributed by atoms with E-state index >= 15 is 0 Å². The van der Waals surface area contributed by atoms with Gasteiger partial charge in [-0.2, -0.15) is 5.10 Å². The SMILES string of the molecule is CCCCC(CC)Cn1cnc(-c2cccc(N)c2)n1. The normalized spacial score (nSPS) is 12.5. The van der Waals surface area contributed by atoms with E-state index in [1.807, 2.05) is 35.3 Å². The van der Waals surface area contributed by atoms with Crippen LogP contribution in [0.1, 0.15) is 39.5 Å². The minimum absolute atomic E-state index is 0.686. The molecule has 108 valence electrons. The number of unbranched alkanes of at least 4 members (excludes halogenated alkanes) is 1. The van der Waals surface area contributed by atoms with Crippen molar-refractivity contribution in [1.82, 2.24) is 14.8 Å². The van der Waals surface area contributed by atoms with Crippen molar-refractivity contribution in [3.63, 3.8) is 0 Å². The Bertz CT molecular complexity index is 533. The van der Waals surface area contributed by atoms with Gasteiger partial charge in [-0.1, -0.05) is 45.2 Å². The van der Waals surface area contributed by atoms with Gasteiger partial charge in [0.1, 0.15) is 6.33 Å². The molecule has 0 saturated heterocycles. The summed E-state index contributed by atoms with van der Waals surface area (Å²) in [5, 5.41) is 4.57. The number of nitrogens with two attached hydrogens (primary N) is 1. The quantitative estimate of drug-likeness (QED) is 0.781. The predicted octanol–water partition coefficient (Wildman–Crippen LogP) is 3.74. The molecular weight excluding hydrogens is 248 g/mol. The van der Waals surface area contributed by atoms with Crippen LogP contribution < -0.4 is 5.73 Å². The van der Waals surface area contributed by atoms with E-state index < -0.39 is 0 Å². The number of anilines is 1. The maximum absolute atomic E-state index is 5.80. The average molecular weight is 272 g/mol. The first-order valence-electron chi connectivity index (χ1n) is 7.48. The van der Waals surface area contributed by atoms with Crippen LogP contribution in [-0.2, 0) is 6.54 Å². The molecule has 1 atom stereocenters. The zero-order chi connectivity index (χ0) is 14.4. The highest BCUT2D eigenvalue weighted by molar-refractivity contribution is 5.60. The smallest absolute Gasteiger partial charge is 0.181 e. The van der Waals surface area contributed by atoms with Crippen LogP contribution in [0.2, 0.25) is 0 Å². The Kier molecular flexibility index (Phi) is 5.16. The van der Waals surface area contributed by atoms with Gasteiger partial charge in [-0.25, -0.2) is 4.98 Å². The van der Waals surface area contributed by atoms with Crippen molar-refractivity contribution >= 4 is 5.69 Å². The molecular formula is C16H24N4. The summed E-state index contributed by atoms with van der Waals surface area (Å²) in [5.74, 6) is 1.44. The molecule has 4 heteroatoms. The third-order valence-electron chi connectivity index (χ3n) is 3.67. The van der Waals surface area contributed by atoms with Gasteiger partial charge in [0.2, 0.25) is 0 Å². The van der Waals surface area contributed by atoms with E-state index in [0.717, 1.165) is 23.6 Å². The lowest BCUT2D eigenvalue weighted by Crippen LogP contribution is -2.10. The third-order valence-corrected chi connectivity index (χ3v) is 3.67. The maximum atomic E-state index is 5.80. The summed E-state index contributed by atoms with van der Waals surface area (Å²) in [6.07, 6.45) is 6.82. The molecule has 0 spiro atoms. The largest absolute Gasteiger partial charge is 0.399 e. The van der Waals surface area contributed by atoms with Gasteiger partial charge in [0.05, 0.1) is 0 Å². The Morgan fingerprint density at radius 2 is 2.15 bits per heavy atom. The second-order valence-corrected chi connectivity index (χ2v) is 5.33.